The molecule has 0 unspecified atom stereocenters. The average molecular weight is 382 g/mol. The second-order valence-corrected chi connectivity index (χ2v) is 6.54. The number of aliphatic carboxylic acids is 1. The van der Waals surface area contributed by atoms with Crippen molar-refractivity contribution >= 4 is 29.5 Å². The number of Topliss-reactive ketones (excluding diaryl/α,β-unsaturated/α-hetero) is 1. The van der Waals surface area contributed by atoms with Crippen LogP contribution in [0.3, 0.4) is 0 Å². The molecule has 1 aliphatic rings. The van der Waals surface area contributed by atoms with Gasteiger partial charge in [0.2, 0.25) is 0 Å². The van der Waals surface area contributed by atoms with Gasteiger partial charge in [0.25, 0.3) is 0 Å². The normalized spacial score (nSPS) is 22.0. The van der Waals surface area contributed by atoms with Crippen molar-refractivity contribution in [2.24, 2.45) is 11.8 Å². The van der Waals surface area contributed by atoms with Crippen LogP contribution in [0.15, 0.2) is 12.2 Å². The third-order valence-electron chi connectivity index (χ3n) is 4.48. The number of ether oxygens (including phenoxy) is 2. The number of methoxy groups -OCH3 is 1. The molecular formula is C19H26O8. The first kappa shape index (κ1) is 22.5. The second kappa shape index (κ2) is 11.3. The van der Waals surface area contributed by atoms with Crippen molar-refractivity contribution in [2.45, 2.75) is 58.0 Å². The van der Waals surface area contributed by atoms with E-state index >= 15 is 0 Å². The number of esters is 2. The van der Waals surface area contributed by atoms with Crippen molar-refractivity contribution in [1.29, 1.82) is 0 Å². The minimum absolute atomic E-state index is 0.0200. The molecule has 1 N–H and O–H groups in total. The van der Waals surface area contributed by atoms with Crippen LogP contribution >= 0.6 is 0 Å². The average Bonchev–Trinajstić information content (AvgIpc) is 2.88. The molecule has 0 heterocycles. The fourth-order valence-corrected chi connectivity index (χ4v) is 3.16. The van der Waals surface area contributed by atoms with Gasteiger partial charge in [-0.25, -0.2) is 0 Å². The van der Waals surface area contributed by atoms with E-state index in [4.69, 9.17) is 9.84 Å². The molecule has 150 valence electrons. The zero-order valence-corrected chi connectivity index (χ0v) is 15.6. The van der Waals surface area contributed by atoms with E-state index in [1.54, 1.807) is 6.08 Å². The van der Waals surface area contributed by atoms with Gasteiger partial charge in [-0.1, -0.05) is 6.08 Å². The van der Waals surface area contributed by atoms with Gasteiger partial charge in [0.15, 0.2) is 5.78 Å². The van der Waals surface area contributed by atoms with Gasteiger partial charge in [-0.2, -0.15) is 0 Å². The van der Waals surface area contributed by atoms with Crippen LogP contribution in [0.4, 0.5) is 0 Å². The van der Waals surface area contributed by atoms with Crippen molar-refractivity contribution in [1.82, 2.24) is 0 Å². The number of carbonyl (C=O) groups excluding carboxylic acids is 4. The lowest BCUT2D eigenvalue weighted by atomic mass is 9.89. The summed E-state index contributed by atoms with van der Waals surface area (Å²) in [6.45, 7) is 1.24. The molecule has 8 nitrogen and oxygen atoms in total. The van der Waals surface area contributed by atoms with Gasteiger partial charge in [-0.3, -0.25) is 24.0 Å². The van der Waals surface area contributed by atoms with Gasteiger partial charge >= 0.3 is 17.9 Å². The molecule has 0 aliphatic heterocycles. The monoisotopic (exact) mass is 382 g/mol. The predicted molar refractivity (Wildman–Crippen MR) is 93.7 cm³/mol. The molecule has 1 aliphatic carbocycles. The zero-order valence-electron chi connectivity index (χ0n) is 15.6. The van der Waals surface area contributed by atoms with Crippen LogP contribution in [0.25, 0.3) is 0 Å². The quantitative estimate of drug-likeness (QED) is 0.326. The molecule has 0 radical (unpaired) electrons. The van der Waals surface area contributed by atoms with E-state index in [0.29, 0.717) is 12.8 Å². The number of carbonyl (C=O) groups is 5. The smallest absolute Gasteiger partial charge is 0.305 e. The fourth-order valence-electron chi connectivity index (χ4n) is 3.16. The first-order valence-electron chi connectivity index (χ1n) is 8.94. The molecule has 0 saturated heterocycles. The number of carboxylic acid groups (broad SMARTS) is 1. The lowest BCUT2D eigenvalue weighted by Gasteiger charge is -2.20. The minimum atomic E-state index is -1.01. The van der Waals surface area contributed by atoms with Crippen LogP contribution in [0, 0.1) is 11.8 Å². The summed E-state index contributed by atoms with van der Waals surface area (Å²) in [7, 11) is 1.30. The summed E-state index contributed by atoms with van der Waals surface area (Å²) in [5.74, 6) is -3.30. The Kier molecular flexibility index (Phi) is 9.39. The van der Waals surface area contributed by atoms with Crippen molar-refractivity contribution in [3.63, 3.8) is 0 Å². The maximum atomic E-state index is 12.2. The second-order valence-electron chi connectivity index (χ2n) is 6.54. The number of unbranched alkanes of at least 4 members (excludes halogenated alkanes) is 1. The van der Waals surface area contributed by atoms with Crippen LogP contribution in [0.2, 0.25) is 0 Å². The molecule has 8 heteroatoms. The first-order valence-corrected chi connectivity index (χ1v) is 8.94. The fraction of sp³-hybridized carbons (Fsp3) is 0.632. The molecule has 1 saturated carbocycles. The summed E-state index contributed by atoms with van der Waals surface area (Å²) in [6, 6.07) is 0. The molecule has 0 amide bonds. The summed E-state index contributed by atoms with van der Waals surface area (Å²) in [6.07, 6.45) is 3.75. The van der Waals surface area contributed by atoms with Crippen LogP contribution in [0.1, 0.15) is 51.9 Å². The lowest BCUT2D eigenvalue weighted by molar-refractivity contribution is -0.147. The van der Waals surface area contributed by atoms with Crippen LogP contribution in [-0.4, -0.2) is 47.8 Å². The van der Waals surface area contributed by atoms with Gasteiger partial charge in [-0.15, -0.1) is 0 Å². The Morgan fingerprint density at radius 1 is 1.15 bits per heavy atom. The Bertz CT molecular complexity index is 607. The molecule has 0 bridgehead atoms. The molecule has 27 heavy (non-hydrogen) atoms. The molecule has 3 atom stereocenters. The van der Waals surface area contributed by atoms with Crippen LogP contribution < -0.4 is 0 Å². The van der Waals surface area contributed by atoms with Crippen LogP contribution in [-0.2, 0) is 33.4 Å². The van der Waals surface area contributed by atoms with Gasteiger partial charge < -0.3 is 14.6 Å². The Morgan fingerprint density at radius 3 is 2.41 bits per heavy atom. The summed E-state index contributed by atoms with van der Waals surface area (Å²) in [5.41, 5.74) is 0. The zero-order chi connectivity index (χ0) is 20.4. The van der Waals surface area contributed by atoms with E-state index in [2.05, 4.69) is 4.74 Å². The van der Waals surface area contributed by atoms with Crippen LogP contribution in [0.5, 0.6) is 0 Å². The molecule has 1 fully saturated rings. The topological polar surface area (TPSA) is 124 Å². The number of carboxylic acids is 1. The highest BCUT2D eigenvalue weighted by atomic mass is 16.5. The van der Waals surface area contributed by atoms with E-state index in [1.165, 1.54) is 20.1 Å². The third kappa shape index (κ3) is 8.15. The minimum Gasteiger partial charge on any atom is -0.481 e. The molecular weight excluding hydrogens is 356 g/mol. The van der Waals surface area contributed by atoms with E-state index in [1.807, 2.05) is 0 Å². The highest BCUT2D eigenvalue weighted by Crippen LogP contribution is 2.35. The highest BCUT2D eigenvalue weighted by molar-refractivity contribution is 5.90. The van der Waals surface area contributed by atoms with Gasteiger partial charge in [0.1, 0.15) is 11.9 Å². The summed E-state index contributed by atoms with van der Waals surface area (Å²) >= 11 is 0. The number of allylic oxidation sites excluding steroid dienone is 1. The van der Waals surface area contributed by atoms with Gasteiger partial charge in [0, 0.05) is 44.4 Å². The molecule has 0 aromatic heterocycles. The third-order valence-corrected chi connectivity index (χ3v) is 4.48. The molecule has 0 aromatic carbocycles. The summed E-state index contributed by atoms with van der Waals surface area (Å²) < 4.78 is 9.70. The first-order chi connectivity index (χ1) is 12.7. The largest absolute Gasteiger partial charge is 0.481 e. The lowest BCUT2D eigenvalue weighted by Crippen LogP contribution is -2.24. The van der Waals surface area contributed by atoms with Gasteiger partial charge in [0.05, 0.1) is 7.11 Å². The summed E-state index contributed by atoms with van der Waals surface area (Å²) in [4.78, 5) is 57.3. The van der Waals surface area contributed by atoms with E-state index in [0.717, 1.165) is 0 Å². The SMILES string of the molecule is COC(=O)CCCCC(=O)C=C[C@@H]1[C@@H](OC(C)=O)CC(=O)[C@H]1CCC(=O)O. The number of hydrogen-bond acceptors (Lipinski definition) is 7. The van der Waals surface area contributed by atoms with E-state index in [9.17, 15) is 24.0 Å². The Hall–Kier alpha value is -2.51. The van der Waals surface area contributed by atoms with E-state index in [-0.39, 0.29) is 49.6 Å². The molecule has 0 aromatic rings. The molecule has 0 spiro atoms. The Morgan fingerprint density at radius 2 is 1.81 bits per heavy atom. The van der Waals surface area contributed by atoms with E-state index < -0.39 is 29.9 Å². The standard InChI is InChI=1S/C19H26O8/c1-12(20)27-17-11-16(22)14(9-10-18(23)24)15(17)8-7-13(21)5-3-4-6-19(25)26-2/h7-8,14-15,17H,3-6,9-11H2,1-2H3,(H,23,24)/t14-,15-,17-/m0/s1. The van der Waals surface area contributed by atoms with Crippen molar-refractivity contribution in [3.05, 3.63) is 12.2 Å². The Labute approximate surface area is 157 Å². The Balaban J connectivity index is 2.67. The van der Waals surface area contributed by atoms with Crippen molar-refractivity contribution in [3.8, 4) is 0 Å². The maximum absolute atomic E-state index is 12.2. The number of hydrogen-bond donors (Lipinski definition) is 1. The van der Waals surface area contributed by atoms with Crippen molar-refractivity contribution in [2.75, 3.05) is 7.11 Å². The summed E-state index contributed by atoms with van der Waals surface area (Å²) in [5, 5.41) is 8.85. The molecule has 1 rings (SSSR count). The predicted octanol–water partition coefficient (Wildman–Crippen LogP) is 1.85. The number of ketones is 2. The number of rotatable bonds is 11. The highest BCUT2D eigenvalue weighted by Gasteiger charge is 2.42. The maximum Gasteiger partial charge on any atom is 0.305 e. The van der Waals surface area contributed by atoms with Crippen molar-refractivity contribution < 1.29 is 38.6 Å². The van der Waals surface area contributed by atoms with Gasteiger partial charge in [-0.05, 0) is 25.3 Å².